The van der Waals surface area contributed by atoms with Gasteiger partial charge in [-0.3, -0.25) is 14.4 Å². The van der Waals surface area contributed by atoms with E-state index in [0.29, 0.717) is 41.2 Å². The Hall–Kier alpha value is -3.33. The molecule has 0 radical (unpaired) electrons. The average Bonchev–Trinajstić information content (AvgIpc) is 3.26. The molecule has 0 saturated carbocycles. The fourth-order valence-electron chi connectivity index (χ4n) is 4.23. The highest BCUT2D eigenvalue weighted by molar-refractivity contribution is 7.10. The highest BCUT2D eigenvalue weighted by Crippen LogP contribution is 2.32. The number of hydrogen-bond acceptors (Lipinski definition) is 6. The van der Waals surface area contributed by atoms with Gasteiger partial charge in [-0.05, 0) is 60.5 Å². The Labute approximate surface area is 201 Å². The summed E-state index contributed by atoms with van der Waals surface area (Å²) in [7, 11) is 4.52. The lowest BCUT2D eigenvalue weighted by Gasteiger charge is -2.32. The summed E-state index contributed by atoms with van der Waals surface area (Å²) in [4.78, 5) is 41.4. The maximum Gasteiger partial charge on any atom is 0.295 e. The van der Waals surface area contributed by atoms with Crippen LogP contribution in [0.1, 0.15) is 38.4 Å². The predicted octanol–water partition coefficient (Wildman–Crippen LogP) is 3.81. The number of likely N-dealkylation sites (N-methyl/N-ethyl adjacent to an activating group) is 1. The molecule has 1 fully saturated rings. The van der Waals surface area contributed by atoms with Crippen LogP contribution in [-0.4, -0.2) is 66.1 Å². The zero-order valence-electron chi connectivity index (χ0n) is 19.3. The van der Waals surface area contributed by atoms with Gasteiger partial charge in [-0.1, -0.05) is 12.1 Å². The third kappa shape index (κ3) is 4.79. The minimum absolute atomic E-state index is 0.178. The first kappa shape index (κ1) is 23.8. The summed E-state index contributed by atoms with van der Waals surface area (Å²) in [6, 6.07) is 9.81. The van der Waals surface area contributed by atoms with Crippen molar-refractivity contribution in [2.24, 2.45) is 5.92 Å². The average molecular weight is 484 g/mol. The molecule has 0 aliphatic carbocycles. The first-order valence-corrected chi connectivity index (χ1v) is 11.8. The Balaban J connectivity index is 1.52. The second-order valence-electron chi connectivity index (χ2n) is 8.68. The fraction of sp³-hybridized carbons (Fsp3) is 0.360. The summed E-state index contributed by atoms with van der Waals surface area (Å²) in [6.45, 7) is 1.19. The van der Waals surface area contributed by atoms with Gasteiger partial charge in [0, 0.05) is 38.6 Å². The van der Waals surface area contributed by atoms with E-state index in [1.807, 2.05) is 12.1 Å². The summed E-state index contributed by atoms with van der Waals surface area (Å²) in [6.07, 6.45) is 2.53. The van der Waals surface area contributed by atoms with E-state index in [-0.39, 0.29) is 16.6 Å². The molecule has 1 aromatic heterocycles. The molecule has 0 atom stereocenters. The third-order valence-electron chi connectivity index (χ3n) is 6.17. The molecule has 1 aliphatic heterocycles. The number of hydrogen-bond donors (Lipinski definition) is 0. The van der Waals surface area contributed by atoms with Crippen LogP contribution in [0.15, 0.2) is 36.4 Å². The van der Waals surface area contributed by atoms with Crippen molar-refractivity contribution in [3.8, 4) is 5.75 Å². The number of aromatic nitrogens is 1. The van der Waals surface area contributed by atoms with Gasteiger partial charge in [0.15, 0.2) is 0 Å². The van der Waals surface area contributed by atoms with Crippen molar-refractivity contribution in [3.63, 3.8) is 0 Å². The molecule has 178 valence electrons. The predicted molar refractivity (Wildman–Crippen MR) is 128 cm³/mol. The Kier molecular flexibility index (Phi) is 6.92. The van der Waals surface area contributed by atoms with Gasteiger partial charge in [0.1, 0.15) is 16.4 Å². The summed E-state index contributed by atoms with van der Waals surface area (Å²) >= 11 is 0.943. The van der Waals surface area contributed by atoms with Crippen LogP contribution in [0.2, 0.25) is 0 Å². The number of methoxy groups -OCH3 is 1. The van der Waals surface area contributed by atoms with E-state index in [0.717, 1.165) is 36.4 Å². The number of carbonyl (C=O) groups excluding carboxylic acids is 3. The van der Waals surface area contributed by atoms with E-state index in [1.165, 1.54) is 38.2 Å². The van der Waals surface area contributed by atoms with Crippen molar-refractivity contribution >= 4 is 40.0 Å². The minimum atomic E-state index is -0.650. The van der Waals surface area contributed by atoms with Gasteiger partial charge in [-0.15, -0.1) is 0 Å². The molecule has 9 heteroatoms. The van der Waals surface area contributed by atoms with Crippen molar-refractivity contribution in [3.05, 3.63) is 58.2 Å². The molecule has 1 aliphatic rings. The quantitative estimate of drug-likeness (QED) is 0.394. The molecular weight excluding hydrogens is 457 g/mol. The summed E-state index contributed by atoms with van der Waals surface area (Å²) in [5, 5.41) is 0.473. The lowest BCUT2D eigenvalue weighted by atomic mass is 9.90. The minimum Gasteiger partial charge on any atom is -0.496 e. The van der Waals surface area contributed by atoms with E-state index >= 15 is 0 Å². The lowest BCUT2D eigenvalue weighted by molar-refractivity contribution is -0.124. The molecule has 7 nitrogen and oxygen atoms in total. The normalized spacial score (nSPS) is 14.3. The number of ether oxygens (including phenoxy) is 1. The van der Waals surface area contributed by atoms with Crippen molar-refractivity contribution in [2.45, 2.75) is 19.3 Å². The molecule has 1 saturated heterocycles. The molecule has 0 bridgehead atoms. The smallest absolute Gasteiger partial charge is 0.295 e. The van der Waals surface area contributed by atoms with Crippen LogP contribution in [0.3, 0.4) is 0 Å². The van der Waals surface area contributed by atoms with Crippen LogP contribution in [0, 0.1) is 11.7 Å². The second kappa shape index (κ2) is 9.89. The van der Waals surface area contributed by atoms with Gasteiger partial charge in [0.05, 0.1) is 18.2 Å². The number of amides is 2. The molecule has 0 spiro atoms. The van der Waals surface area contributed by atoms with Crippen molar-refractivity contribution in [1.29, 1.82) is 0 Å². The molecule has 4 rings (SSSR count). The van der Waals surface area contributed by atoms with Crippen LogP contribution < -0.4 is 4.74 Å². The largest absolute Gasteiger partial charge is 0.496 e. The van der Waals surface area contributed by atoms with E-state index in [2.05, 4.69) is 4.37 Å². The molecule has 0 N–H and O–H groups in total. The van der Waals surface area contributed by atoms with Crippen LogP contribution in [-0.2, 0) is 11.2 Å². The van der Waals surface area contributed by atoms with Crippen LogP contribution in [0.4, 0.5) is 4.39 Å². The number of piperidine rings is 1. The number of benzene rings is 2. The van der Waals surface area contributed by atoms with Crippen molar-refractivity contribution < 1.29 is 23.5 Å². The number of halogens is 1. The van der Waals surface area contributed by atoms with Crippen molar-refractivity contribution in [1.82, 2.24) is 14.2 Å². The van der Waals surface area contributed by atoms with E-state index in [1.54, 1.807) is 17.0 Å². The van der Waals surface area contributed by atoms with Gasteiger partial charge in [0.2, 0.25) is 0 Å². The first-order valence-electron chi connectivity index (χ1n) is 11.1. The summed E-state index contributed by atoms with van der Waals surface area (Å²) in [5.74, 6) is -0.912. The molecule has 34 heavy (non-hydrogen) atoms. The van der Waals surface area contributed by atoms with Crippen LogP contribution in [0.25, 0.3) is 10.9 Å². The first-order chi connectivity index (χ1) is 16.3. The number of likely N-dealkylation sites (tertiary alicyclic amines) is 1. The number of carbonyl (C=O) groups is 3. The van der Waals surface area contributed by atoms with E-state index < -0.39 is 11.7 Å². The SMILES string of the molecule is COc1cc2nsc(C(=O)C(=O)N(C)C)c2cc1C(=O)N1CCC(Cc2ccc(F)cc2)CC1. The standard InChI is InChI=1S/C25H26FN3O4S/c1-28(2)25(32)22(30)23-18-13-19(21(33-3)14-20(18)27-34-23)24(31)29-10-8-16(9-11-29)12-15-4-6-17(26)7-5-15/h4-7,13-14,16H,8-12H2,1-3H3. The van der Waals surface area contributed by atoms with Gasteiger partial charge in [-0.25, -0.2) is 4.39 Å². The zero-order valence-corrected chi connectivity index (χ0v) is 20.2. The summed E-state index contributed by atoms with van der Waals surface area (Å²) in [5.41, 5.74) is 1.94. The maximum atomic E-state index is 13.4. The Morgan fingerprint density at radius 3 is 2.44 bits per heavy atom. The Morgan fingerprint density at radius 2 is 1.82 bits per heavy atom. The highest BCUT2D eigenvalue weighted by atomic mass is 32.1. The van der Waals surface area contributed by atoms with Gasteiger partial charge < -0.3 is 14.5 Å². The molecule has 3 aromatic rings. The number of Topliss-reactive ketones (excluding diaryl/α,β-unsaturated/α-hetero) is 1. The summed E-state index contributed by atoms with van der Waals surface area (Å²) < 4.78 is 22.9. The van der Waals surface area contributed by atoms with Crippen molar-refractivity contribution in [2.75, 3.05) is 34.3 Å². The van der Waals surface area contributed by atoms with Crippen LogP contribution in [0.5, 0.6) is 5.75 Å². The number of fused-ring (bicyclic) bond motifs is 1. The molecular formula is C25H26FN3O4S. The van der Waals surface area contributed by atoms with E-state index in [9.17, 15) is 18.8 Å². The maximum absolute atomic E-state index is 13.4. The zero-order chi connectivity index (χ0) is 24.4. The Bertz CT molecular complexity index is 1230. The number of nitrogens with zero attached hydrogens (tertiary/aromatic N) is 3. The molecule has 2 amide bonds. The van der Waals surface area contributed by atoms with Crippen LogP contribution >= 0.6 is 11.5 Å². The second-order valence-corrected chi connectivity index (χ2v) is 9.45. The topological polar surface area (TPSA) is 79.8 Å². The number of rotatable bonds is 6. The molecule has 2 heterocycles. The highest BCUT2D eigenvalue weighted by Gasteiger charge is 2.28. The molecule has 0 unspecified atom stereocenters. The lowest BCUT2D eigenvalue weighted by Crippen LogP contribution is -2.39. The fourth-order valence-corrected chi connectivity index (χ4v) is 5.01. The number of ketones is 1. The Morgan fingerprint density at radius 1 is 1.15 bits per heavy atom. The monoisotopic (exact) mass is 483 g/mol. The van der Waals surface area contributed by atoms with Gasteiger partial charge >= 0.3 is 0 Å². The van der Waals surface area contributed by atoms with Gasteiger partial charge in [0.25, 0.3) is 17.6 Å². The molecule has 2 aromatic carbocycles. The third-order valence-corrected chi connectivity index (χ3v) is 7.05. The van der Waals surface area contributed by atoms with Gasteiger partial charge in [-0.2, -0.15) is 4.37 Å². The van der Waals surface area contributed by atoms with E-state index in [4.69, 9.17) is 4.74 Å².